The lowest BCUT2D eigenvalue weighted by Crippen LogP contribution is -2.18. The molecular formula is C13H9F3N2O2. The maximum absolute atomic E-state index is 12.8. The summed E-state index contributed by atoms with van der Waals surface area (Å²) < 4.78 is 38.3. The van der Waals surface area contributed by atoms with E-state index in [-0.39, 0.29) is 11.3 Å². The lowest BCUT2D eigenvalue weighted by molar-refractivity contribution is -0.136. The van der Waals surface area contributed by atoms with Gasteiger partial charge in [0.25, 0.3) is 5.91 Å². The molecule has 1 aromatic carbocycles. The van der Waals surface area contributed by atoms with Crippen LogP contribution in [0.4, 0.5) is 18.9 Å². The normalized spacial score (nSPS) is 11.2. The smallest absolute Gasteiger partial charge is 0.329 e. The molecule has 2 rings (SSSR count). The molecule has 0 unspecified atom stereocenters. The zero-order valence-electron chi connectivity index (χ0n) is 9.99. The van der Waals surface area contributed by atoms with Gasteiger partial charge in [0.05, 0.1) is 11.3 Å². The highest BCUT2D eigenvalue weighted by molar-refractivity contribution is 6.04. The molecule has 4 nitrogen and oxygen atoms in total. The highest BCUT2D eigenvalue weighted by Crippen LogP contribution is 2.34. The number of carbonyl (C=O) groups excluding carboxylic acids is 1. The van der Waals surface area contributed by atoms with Gasteiger partial charge in [-0.1, -0.05) is 12.1 Å². The highest BCUT2D eigenvalue weighted by Gasteiger charge is 2.33. The summed E-state index contributed by atoms with van der Waals surface area (Å²) >= 11 is 0. The van der Waals surface area contributed by atoms with Crippen LogP contribution in [-0.4, -0.2) is 10.9 Å². The van der Waals surface area contributed by atoms with Crippen molar-refractivity contribution in [2.75, 3.05) is 5.32 Å². The number of nitrogens with one attached hydrogen (secondary N) is 2. The highest BCUT2D eigenvalue weighted by atomic mass is 19.4. The van der Waals surface area contributed by atoms with Crippen molar-refractivity contribution in [3.8, 4) is 0 Å². The minimum absolute atomic E-state index is 0.0225. The number of halogens is 3. The van der Waals surface area contributed by atoms with Gasteiger partial charge in [-0.15, -0.1) is 0 Å². The largest absolute Gasteiger partial charge is 0.418 e. The molecule has 0 aliphatic heterocycles. The zero-order chi connectivity index (χ0) is 14.8. The van der Waals surface area contributed by atoms with Gasteiger partial charge in [-0.25, -0.2) is 0 Å². The third kappa shape index (κ3) is 3.05. The van der Waals surface area contributed by atoms with E-state index in [1.807, 2.05) is 0 Å². The van der Waals surface area contributed by atoms with Crippen molar-refractivity contribution in [2.45, 2.75) is 6.18 Å². The molecule has 0 atom stereocenters. The number of hydrogen-bond donors (Lipinski definition) is 2. The van der Waals surface area contributed by atoms with E-state index in [0.29, 0.717) is 0 Å². The van der Waals surface area contributed by atoms with E-state index in [1.165, 1.54) is 24.4 Å². The van der Waals surface area contributed by atoms with E-state index in [0.717, 1.165) is 18.2 Å². The fourth-order valence-corrected chi connectivity index (χ4v) is 1.62. The van der Waals surface area contributed by atoms with Gasteiger partial charge in [0.15, 0.2) is 0 Å². The number of hydrogen-bond acceptors (Lipinski definition) is 2. The summed E-state index contributed by atoms with van der Waals surface area (Å²) in [6.45, 7) is 0. The molecule has 0 spiro atoms. The van der Waals surface area contributed by atoms with Crippen LogP contribution in [0.25, 0.3) is 0 Å². The summed E-state index contributed by atoms with van der Waals surface area (Å²) in [4.78, 5) is 25.2. The van der Waals surface area contributed by atoms with E-state index < -0.39 is 23.2 Å². The maximum Gasteiger partial charge on any atom is 0.418 e. The van der Waals surface area contributed by atoms with Crippen molar-refractivity contribution in [2.24, 2.45) is 0 Å². The lowest BCUT2D eigenvalue weighted by atomic mass is 10.1. The number of carbonyl (C=O) groups is 1. The monoisotopic (exact) mass is 282 g/mol. The second kappa shape index (κ2) is 5.20. The van der Waals surface area contributed by atoms with Crippen molar-refractivity contribution in [1.29, 1.82) is 0 Å². The minimum atomic E-state index is -4.57. The van der Waals surface area contributed by atoms with Gasteiger partial charge in [0.2, 0.25) is 5.56 Å². The Morgan fingerprint density at radius 2 is 1.85 bits per heavy atom. The third-order valence-electron chi connectivity index (χ3n) is 2.52. The molecule has 2 aromatic rings. The molecule has 0 aliphatic carbocycles. The Balaban J connectivity index is 2.31. The van der Waals surface area contributed by atoms with Crippen LogP contribution in [0.15, 0.2) is 47.4 Å². The molecule has 1 heterocycles. The topological polar surface area (TPSA) is 62.0 Å². The van der Waals surface area contributed by atoms with Gasteiger partial charge < -0.3 is 10.3 Å². The van der Waals surface area contributed by atoms with Gasteiger partial charge in [0.1, 0.15) is 0 Å². The molecule has 20 heavy (non-hydrogen) atoms. The van der Waals surface area contributed by atoms with E-state index in [1.54, 1.807) is 0 Å². The van der Waals surface area contributed by atoms with Gasteiger partial charge >= 0.3 is 6.18 Å². The van der Waals surface area contributed by atoms with Crippen molar-refractivity contribution < 1.29 is 18.0 Å². The fraction of sp³-hybridized carbons (Fsp3) is 0.0769. The van der Waals surface area contributed by atoms with E-state index in [2.05, 4.69) is 10.3 Å². The van der Waals surface area contributed by atoms with Crippen LogP contribution in [0.2, 0.25) is 0 Å². The van der Waals surface area contributed by atoms with Crippen LogP contribution in [0, 0.1) is 0 Å². The lowest BCUT2D eigenvalue weighted by Gasteiger charge is -2.13. The molecule has 1 aromatic heterocycles. The molecule has 1 amide bonds. The number of para-hydroxylation sites is 1. The third-order valence-corrected chi connectivity index (χ3v) is 2.52. The number of H-pyrrole nitrogens is 1. The predicted octanol–water partition coefficient (Wildman–Crippen LogP) is 2.65. The van der Waals surface area contributed by atoms with Gasteiger partial charge in [-0.05, 0) is 18.2 Å². The number of rotatable bonds is 2. The van der Waals surface area contributed by atoms with Crippen LogP contribution in [0.5, 0.6) is 0 Å². The molecule has 0 aliphatic rings. The molecule has 0 saturated carbocycles. The standard InChI is InChI=1S/C13H9F3N2O2/c14-13(15,16)9-3-1-2-4-10(9)18-12(20)8-5-6-17-11(19)7-8/h1-7H,(H,17,19)(H,18,20). The summed E-state index contributed by atoms with van der Waals surface area (Å²) in [5.74, 6) is -0.784. The van der Waals surface area contributed by atoms with Crippen LogP contribution >= 0.6 is 0 Å². The Morgan fingerprint density at radius 1 is 1.15 bits per heavy atom. The number of pyridine rings is 1. The van der Waals surface area contributed by atoms with Crippen LogP contribution in [0.1, 0.15) is 15.9 Å². The maximum atomic E-state index is 12.8. The van der Waals surface area contributed by atoms with Crippen molar-refractivity contribution in [1.82, 2.24) is 4.98 Å². The molecule has 0 bridgehead atoms. The SMILES string of the molecule is O=C(Nc1ccccc1C(F)(F)F)c1cc[nH]c(=O)c1. The molecule has 104 valence electrons. The number of anilines is 1. The van der Waals surface area contributed by atoms with Gasteiger partial charge in [-0.3, -0.25) is 9.59 Å². The second-order valence-electron chi connectivity index (χ2n) is 3.94. The second-order valence-corrected chi connectivity index (χ2v) is 3.94. The molecule has 7 heteroatoms. The number of alkyl halides is 3. The first-order valence-electron chi connectivity index (χ1n) is 5.54. The summed E-state index contributed by atoms with van der Waals surface area (Å²) in [5.41, 5.74) is -1.84. The zero-order valence-corrected chi connectivity index (χ0v) is 9.99. The Hall–Kier alpha value is -2.57. The summed E-state index contributed by atoms with van der Waals surface area (Å²) in [5, 5.41) is 2.15. The van der Waals surface area contributed by atoms with Crippen molar-refractivity contribution in [3.63, 3.8) is 0 Å². The summed E-state index contributed by atoms with van der Waals surface area (Å²) in [7, 11) is 0. The fourth-order valence-electron chi connectivity index (χ4n) is 1.62. The summed E-state index contributed by atoms with van der Waals surface area (Å²) in [6, 6.07) is 6.92. The Labute approximate surface area is 111 Å². The first-order valence-corrected chi connectivity index (χ1v) is 5.54. The van der Waals surface area contributed by atoms with Crippen molar-refractivity contribution in [3.05, 3.63) is 64.1 Å². The quantitative estimate of drug-likeness (QED) is 0.889. The molecular weight excluding hydrogens is 273 g/mol. The van der Waals surface area contributed by atoms with Crippen LogP contribution in [-0.2, 0) is 6.18 Å². The number of aromatic nitrogens is 1. The van der Waals surface area contributed by atoms with Crippen LogP contribution in [0.3, 0.4) is 0 Å². The molecule has 0 fully saturated rings. The minimum Gasteiger partial charge on any atom is -0.329 e. The van der Waals surface area contributed by atoms with E-state index in [9.17, 15) is 22.8 Å². The van der Waals surface area contributed by atoms with E-state index >= 15 is 0 Å². The number of benzene rings is 1. The average Bonchev–Trinajstić information content (AvgIpc) is 2.38. The molecule has 0 saturated heterocycles. The Morgan fingerprint density at radius 3 is 2.50 bits per heavy atom. The van der Waals surface area contributed by atoms with E-state index in [4.69, 9.17) is 0 Å². The first-order chi connectivity index (χ1) is 9.38. The summed E-state index contributed by atoms with van der Waals surface area (Å²) in [6.07, 6.45) is -3.33. The number of aromatic amines is 1. The average molecular weight is 282 g/mol. The van der Waals surface area contributed by atoms with Crippen molar-refractivity contribution >= 4 is 11.6 Å². The first kappa shape index (κ1) is 13.9. The molecule has 2 N–H and O–H groups in total. The van der Waals surface area contributed by atoms with Gasteiger partial charge in [-0.2, -0.15) is 13.2 Å². The molecule has 0 radical (unpaired) electrons. The number of amides is 1. The Kier molecular flexibility index (Phi) is 3.60. The predicted molar refractivity (Wildman–Crippen MR) is 66.5 cm³/mol. The van der Waals surface area contributed by atoms with Crippen LogP contribution < -0.4 is 10.9 Å². The van der Waals surface area contributed by atoms with Gasteiger partial charge in [0, 0.05) is 17.8 Å². The Bertz CT molecular complexity index is 692.